The van der Waals surface area contributed by atoms with Gasteiger partial charge in [-0.15, -0.1) is 0 Å². The summed E-state index contributed by atoms with van der Waals surface area (Å²) in [6.45, 7) is 0. The lowest BCUT2D eigenvalue weighted by molar-refractivity contribution is 0.122. The normalized spacial score (nSPS) is 18.2. The summed E-state index contributed by atoms with van der Waals surface area (Å²) in [5, 5.41) is 14.7. The van der Waals surface area contributed by atoms with Gasteiger partial charge in [0.1, 0.15) is 0 Å². The van der Waals surface area contributed by atoms with Crippen molar-refractivity contribution in [2.24, 2.45) is 7.05 Å². The first kappa shape index (κ1) is 12.4. The molecule has 0 spiro atoms. The van der Waals surface area contributed by atoms with Crippen LogP contribution < -0.4 is 0 Å². The van der Waals surface area contributed by atoms with E-state index in [1.54, 1.807) is 0 Å². The lowest BCUT2D eigenvalue weighted by Crippen LogP contribution is -2.26. The molecule has 1 aromatic carbocycles. The summed E-state index contributed by atoms with van der Waals surface area (Å²) in [5.41, 5.74) is 2.48. The molecule has 3 rings (SSSR count). The first-order valence-electron chi connectivity index (χ1n) is 6.93. The topological polar surface area (TPSA) is 38.0 Å². The van der Waals surface area contributed by atoms with Crippen molar-refractivity contribution in [2.75, 3.05) is 0 Å². The van der Waals surface area contributed by atoms with Crippen LogP contribution in [0.25, 0.3) is 0 Å². The average molecular weight is 256 g/mol. The van der Waals surface area contributed by atoms with Gasteiger partial charge >= 0.3 is 0 Å². The van der Waals surface area contributed by atoms with Gasteiger partial charge in [-0.2, -0.15) is 5.10 Å². The first-order chi connectivity index (χ1) is 9.22. The number of hydrogen-bond acceptors (Lipinski definition) is 2. The van der Waals surface area contributed by atoms with Crippen LogP contribution in [0.5, 0.6) is 0 Å². The molecular weight excluding hydrogens is 236 g/mol. The fraction of sp³-hybridized carbons (Fsp3) is 0.438. The third-order valence-corrected chi connectivity index (χ3v) is 4.37. The molecular formula is C16H20N2O. The molecule has 1 heterocycles. The van der Waals surface area contributed by atoms with E-state index in [9.17, 15) is 5.11 Å². The van der Waals surface area contributed by atoms with Crippen LogP contribution in [0.3, 0.4) is 0 Å². The zero-order valence-corrected chi connectivity index (χ0v) is 11.3. The van der Waals surface area contributed by atoms with E-state index in [0.29, 0.717) is 0 Å². The number of aliphatic hydroxyl groups is 1. The van der Waals surface area contributed by atoms with Gasteiger partial charge in [-0.25, -0.2) is 0 Å². The summed E-state index contributed by atoms with van der Waals surface area (Å²) in [6.07, 6.45) is 5.43. The van der Waals surface area contributed by atoms with Crippen LogP contribution in [0.4, 0.5) is 0 Å². The van der Waals surface area contributed by atoms with Gasteiger partial charge in [-0.1, -0.05) is 30.3 Å². The molecule has 1 aromatic heterocycles. The number of aryl methyl sites for hydroxylation is 2. The Labute approximate surface area is 113 Å². The molecule has 0 bridgehead atoms. The molecule has 0 amide bonds. The van der Waals surface area contributed by atoms with E-state index in [4.69, 9.17) is 0 Å². The average Bonchev–Trinajstić information content (AvgIpc) is 3.16. The molecule has 1 atom stereocenters. The summed E-state index contributed by atoms with van der Waals surface area (Å²) in [4.78, 5) is 0. The third-order valence-electron chi connectivity index (χ3n) is 4.37. The largest absolute Gasteiger partial charge is 0.392 e. The zero-order valence-electron chi connectivity index (χ0n) is 11.3. The molecule has 1 unspecified atom stereocenters. The van der Waals surface area contributed by atoms with Crippen LogP contribution in [0.15, 0.2) is 42.6 Å². The quantitative estimate of drug-likeness (QED) is 0.892. The highest BCUT2D eigenvalue weighted by Crippen LogP contribution is 2.51. The Morgan fingerprint density at radius 2 is 2.00 bits per heavy atom. The van der Waals surface area contributed by atoms with Crippen LogP contribution in [0.2, 0.25) is 0 Å². The highest BCUT2D eigenvalue weighted by Gasteiger charge is 2.49. The van der Waals surface area contributed by atoms with Gasteiger partial charge < -0.3 is 5.11 Å². The standard InChI is InChI=1S/C16H20N2O/c1-18-14(9-12-17-18)7-8-15(19)16(10-11-16)13-5-3-2-4-6-13/h2-6,9,12,15,19H,7-8,10-11H2,1H3. The Morgan fingerprint density at radius 1 is 1.26 bits per heavy atom. The molecule has 0 saturated heterocycles. The Hall–Kier alpha value is -1.61. The summed E-state index contributed by atoms with van der Waals surface area (Å²) in [6, 6.07) is 12.4. The van der Waals surface area contributed by atoms with Gasteiger partial charge in [-0.3, -0.25) is 4.68 Å². The zero-order chi connectivity index (χ0) is 13.3. The van der Waals surface area contributed by atoms with Crippen LogP contribution in [0.1, 0.15) is 30.5 Å². The van der Waals surface area contributed by atoms with Crippen molar-refractivity contribution in [3.8, 4) is 0 Å². The van der Waals surface area contributed by atoms with Crippen LogP contribution in [-0.4, -0.2) is 21.0 Å². The molecule has 3 heteroatoms. The number of hydrogen-bond donors (Lipinski definition) is 1. The Morgan fingerprint density at radius 3 is 2.58 bits per heavy atom. The molecule has 1 aliphatic carbocycles. The van der Waals surface area contributed by atoms with Crippen molar-refractivity contribution in [3.63, 3.8) is 0 Å². The van der Waals surface area contributed by atoms with Gasteiger partial charge in [0.05, 0.1) is 6.10 Å². The monoisotopic (exact) mass is 256 g/mol. The molecule has 1 N–H and O–H groups in total. The van der Waals surface area contributed by atoms with E-state index in [1.165, 1.54) is 11.3 Å². The third kappa shape index (κ3) is 2.30. The summed E-state index contributed by atoms with van der Waals surface area (Å²) in [7, 11) is 1.95. The lowest BCUT2D eigenvalue weighted by atomic mass is 9.87. The second-order valence-electron chi connectivity index (χ2n) is 5.52. The Bertz CT molecular complexity index is 543. The van der Waals surface area contributed by atoms with Crippen LogP contribution >= 0.6 is 0 Å². The van der Waals surface area contributed by atoms with E-state index in [2.05, 4.69) is 29.4 Å². The predicted octanol–water partition coefficient (Wildman–Crippen LogP) is 2.45. The fourth-order valence-corrected chi connectivity index (χ4v) is 2.93. The highest BCUT2D eigenvalue weighted by atomic mass is 16.3. The number of benzene rings is 1. The summed E-state index contributed by atoms with van der Waals surface area (Å²) in [5.74, 6) is 0. The number of rotatable bonds is 5. The molecule has 100 valence electrons. The van der Waals surface area contributed by atoms with Crippen molar-refractivity contribution >= 4 is 0 Å². The van der Waals surface area contributed by atoms with Crippen LogP contribution in [-0.2, 0) is 18.9 Å². The van der Waals surface area contributed by atoms with Gasteiger partial charge in [0.2, 0.25) is 0 Å². The Kier molecular flexibility index (Phi) is 3.15. The van der Waals surface area contributed by atoms with Crippen molar-refractivity contribution in [1.82, 2.24) is 9.78 Å². The maximum Gasteiger partial charge on any atom is 0.0640 e. The smallest absolute Gasteiger partial charge is 0.0640 e. The Balaban J connectivity index is 1.68. The van der Waals surface area contributed by atoms with Crippen LogP contribution in [0, 0.1) is 0 Å². The summed E-state index contributed by atoms with van der Waals surface area (Å²) >= 11 is 0. The highest BCUT2D eigenvalue weighted by molar-refractivity contribution is 5.33. The van der Waals surface area contributed by atoms with E-state index in [-0.39, 0.29) is 11.5 Å². The van der Waals surface area contributed by atoms with Gasteiger partial charge in [-0.05, 0) is 37.3 Å². The van der Waals surface area contributed by atoms with E-state index in [1.807, 2.05) is 30.1 Å². The van der Waals surface area contributed by atoms with Crippen molar-refractivity contribution in [3.05, 3.63) is 53.9 Å². The first-order valence-corrected chi connectivity index (χ1v) is 6.93. The molecule has 3 nitrogen and oxygen atoms in total. The van der Waals surface area contributed by atoms with Gasteiger partial charge in [0.25, 0.3) is 0 Å². The molecule has 0 radical (unpaired) electrons. The number of nitrogens with zero attached hydrogens (tertiary/aromatic N) is 2. The van der Waals surface area contributed by atoms with Crippen molar-refractivity contribution in [1.29, 1.82) is 0 Å². The lowest BCUT2D eigenvalue weighted by Gasteiger charge is -2.22. The molecule has 2 aromatic rings. The molecule has 0 aliphatic heterocycles. The molecule has 1 aliphatic rings. The SMILES string of the molecule is Cn1nccc1CCC(O)C1(c2ccccc2)CC1. The van der Waals surface area contributed by atoms with Gasteiger partial charge in [0, 0.05) is 24.4 Å². The minimum Gasteiger partial charge on any atom is -0.392 e. The maximum absolute atomic E-state index is 10.6. The second-order valence-corrected chi connectivity index (χ2v) is 5.52. The number of aromatic nitrogens is 2. The van der Waals surface area contributed by atoms with E-state index >= 15 is 0 Å². The molecule has 19 heavy (non-hydrogen) atoms. The maximum atomic E-state index is 10.6. The fourth-order valence-electron chi connectivity index (χ4n) is 2.93. The van der Waals surface area contributed by atoms with E-state index < -0.39 is 0 Å². The van der Waals surface area contributed by atoms with Crippen molar-refractivity contribution in [2.45, 2.75) is 37.2 Å². The van der Waals surface area contributed by atoms with Crippen molar-refractivity contribution < 1.29 is 5.11 Å². The van der Waals surface area contributed by atoms with Gasteiger partial charge in [0.15, 0.2) is 0 Å². The second kappa shape index (κ2) is 4.82. The minimum absolute atomic E-state index is 0.0137. The minimum atomic E-state index is -0.259. The molecule has 1 fully saturated rings. The van der Waals surface area contributed by atoms with E-state index in [0.717, 1.165) is 25.7 Å². The summed E-state index contributed by atoms with van der Waals surface area (Å²) < 4.78 is 1.88. The number of aliphatic hydroxyl groups excluding tert-OH is 1. The molecule has 1 saturated carbocycles. The predicted molar refractivity (Wildman–Crippen MR) is 74.9 cm³/mol.